The first-order valence-electron chi connectivity index (χ1n) is 8.33. The van der Waals surface area contributed by atoms with E-state index in [9.17, 15) is 23.2 Å². The first kappa shape index (κ1) is 21.5. The van der Waals surface area contributed by atoms with Crippen molar-refractivity contribution in [3.05, 3.63) is 81.5 Å². The molecule has 1 N–H and O–H groups in total. The molecule has 1 aromatic heterocycles. The number of nitrogens with one attached hydrogen (secondary N) is 1. The Morgan fingerprint density at radius 1 is 1.10 bits per heavy atom. The molecule has 0 aliphatic heterocycles. The Hall–Kier alpha value is -3.21. The summed E-state index contributed by atoms with van der Waals surface area (Å²) in [5, 5.41) is 12.2. The molecule has 3 rings (SSSR count). The van der Waals surface area contributed by atoms with Crippen LogP contribution in [0.5, 0.6) is 0 Å². The molecule has 0 saturated heterocycles. The van der Waals surface area contributed by atoms with Gasteiger partial charge in [-0.05, 0) is 42.5 Å². The number of halogens is 5. The summed E-state index contributed by atoms with van der Waals surface area (Å²) in [7, 11) is 0. The zero-order valence-corrected chi connectivity index (χ0v) is 16.4. The smallest absolute Gasteiger partial charge is 0.416 e. The minimum atomic E-state index is -4.55. The lowest BCUT2D eigenvalue weighted by molar-refractivity contribution is -0.137. The number of nitriles is 1. The maximum atomic E-state index is 12.8. The van der Waals surface area contributed by atoms with Crippen molar-refractivity contribution in [3.63, 3.8) is 0 Å². The SMILES string of the molecule is N#C/C(=C\c1ccc(-c2cccc(Cl)c2Cl)o1)C(=O)Nc1cccc(C(F)(F)F)c1. The maximum Gasteiger partial charge on any atom is 0.416 e. The number of hydrogen-bond acceptors (Lipinski definition) is 3. The second-order valence-corrected chi connectivity index (χ2v) is 6.79. The Morgan fingerprint density at radius 2 is 1.83 bits per heavy atom. The van der Waals surface area contributed by atoms with Crippen LogP contribution in [0.25, 0.3) is 17.4 Å². The fourth-order valence-electron chi connectivity index (χ4n) is 2.53. The first-order valence-corrected chi connectivity index (χ1v) is 9.09. The third-order valence-corrected chi connectivity index (χ3v) is 4.76. The number of benzene rings is 2. The predicted molar refractivity (Wildman–Crippen MR) is 108 cm³/mol. The molecule has 0 saturated carbocycles. The van der Waals surface area contributed by atoms with Gasteiger partial charge in [0.1, 0.15) is 23.2 Å². The van der Waals surface area contributed by atoms with Crippen LogP contribution in [-0.4, -0.2) is 5.91 Å². The fraction of sp³-hybridized carbons (Fsp3) is 0.0476. The first-order chi connectivity index (χ1) is 14.2. The Balaban J connectivity index is 1.83. The van der Waals surface area contributed by atoms with Crippen LogP contribution in [-0.2, 0) is 11.0 Å². The molecule has 9 heteroatoms. The molecule has 152 valence electrons. The van der Waals surface area contributed by atoms with Crippen molar-refractivity contribution in [2.75, 3.05) is 5.32 Å². The van der Waals surface area contributed by atoms with Crippen LogP contribution < -0.4 is 5.32 Å². The topological polar surface area (TPSA) is 66.0 Å². The second-order valence-electron chi connectivity index (χ2n) is 6.01. The number of anilines is 1. The third kappa shape index (κ3) is 4.85. The normalized spacial score (nSPS) is 11.8. The molecular formula is C21H11Cl2F3N2O2. The van der Waals surface area contributed by atoms with Gasteiger partial charge >= 0.3 is 6.18 Å². The highest BCUT2D eigenvalue weighted by Gasteiger charge is 2.30. The van der Waals surface area contributed by atoms with E-state index in [1.165, 1.54) is 18.2 Å². The molecular weight excluding hydrogens is 440 g/mol. The van der Waals surface area contributed by atoms with Crippen LogP contribution >= 0.6 is 23.2 Å². The predicted octanol–water partition coefficient (Wildman–Crippen LogP) is 6.82. The van der Waals surface area contributed by atoms with Crippen molar-refractivity contribution in [2.45, 2.75) is 6.18 Å². The summed E-state index contributed by atoms with van der Waals surface area (Å²) < 4.78 is 44.0. The van der Waals surface area contributed by atoms with Gasteiger partial charge in [-0.15, -0.1) is 0 Å². The summed E-state index contributed by atoms with van der Waals surface area (Å²) in [6.07, 6.45) is -3.38. The van der Waals surface area contributed by atoms with E-state index in [0.29, 0.717) is 16.3 Å². The number of furan rings is 1. The van der Waals surface area contributed by atoms with Gasteiger partial charge in [-0.2, -0.15) is 18.4 Å². The van der Waals surface area contributed by atoms with Gasteiger partial charge in [0.05, 0.1) is 15.6 Å². The van der Waals surface area contributed by atoms with Gasteiger partial charge in [0.2, 0.25) is 0 Å². The molecule has 4 nitrogen and oxygen atoms in total. The van der Waals surface area contributed by atoms with E-state index >= 15 is 0 Å². The van der Waals surface area contributed by atoms with E-state index in [1.807, 2.05) is 0 Å². The minimum absolute atomic E-state index is 0.0955. The van der Waals surface area contributed by atoms with Crippen molar-refractivity contribution in [2.24, 2.45) is 0 Å². The van der Waals surface area contributed by atoms with E-state index in [-0.39, 0.29) is 22.0 Å². The van der Waals surface area contributed by atoms with E-state index in [0.717, 1.165) is 18.2 Å². The van der Waals surface area contributed by atoms with Gasteiger partial charge in [0.25, 0.3) is 5.91 Å². The van der Waals surface area contributed by atoms with E-state index < -0.39 is 17.6 Å². The zero-order chi connectivity index (χ0) is 21.9. The average molecular weight is 451 g/mol. The van der Waals surface area contributed by atoms with Crippen molar-refractivity contribution in [1.82, 2.24) is 0 Å². The molecule has 3 aromatic rings. The maximum absolute atomic E-state index is 12.8. The highest BCUT2D eigenvalue weighted by Crippen LogP contribution is 2.35. The van der Waals surface area contributed by atoms with Crippen molar-refractivity contribution in [3.8, 4) is 17.4 Å². The molecule has 0 radical (unpaired) electrons. The van der Waals surface area contributed by atoms with E-state index in [2.05, 4.69) is 5.32 Å². The Kier molecular flexibility index (Phi) is 6.20. The highest BCUT2D eigenvalue weighted by atomic mass is 35.5. The minimum Gasteiger partial charge on any atom is -0.457 e. The number of hydrogen-bond donors (Lipinski definition) is 1. The van der Waals surface area contributed by atoms with Crippen LogP contribution in [0, 0.1) is 11.3 Å². The molecule has 1 amide bonds. The lowest BCUT2D eigenvalue weighted by atomic mass is 10.1. The summed E-state index contributed by atoms with van der Waals surface area (Å²) in [5.41, 5.74) is -0.847. The molecule has 0 bridgehead atoms. The molecule has 0 aliphatic carbocycles. The summed E-state index contributed by atoms with van der Waals surface area (Å²) in [6.45, 7) is 0. The number of rotatable bonds is 4. The molecule has 1 heterocycles. The van der Waals surface area contributed by atoms with Crippen molar-refractivity contribution < 1.29 is 22.4 Å². The molecule has 0 spiro atoms. The number of carbonyl (C=O) groups is 1. The number of nitrogens with zero attached hydrogens (tertiary/aromatic N) is 1. The van der Waals surface area contributed by atoms with Gasteiger partial charge in [-0.1, -0.05) is 35.3 Å². The third-order valence-electron chi connectivity index (χ3n) is 3.94. The molecule has 0 fully saturated rings. The van der Waals surface area contributed by atoms with Crippen LogP contribution in [0.1, 0.15) is 11.3 Å². The second kappa shape index (κ2) is 8.66. The molecule has 0 unspecified atom stereocenters. The number of carbonyl (C=O) groups excluding carboxylic acids is 1. The van der Waals surface area contributed by atoms with Gasteiger partial charge in [-0.3, -0.25) is 4.79 Å². The van der Waals surface area contributed by atoms with E-state index in [4.69, 9.17) is 27.6 Å². The molecule has 0 aliphatic rings. The molecule has 30 heavy (non-hydrogen) atoms. The standard InChI is InChI=1S/C21H11Cl2F3N2O2/c22-17-6-2-5-16(19(17)23)18-8-7-15(30-18)9-12(11-27)20(29)28-14-4-1-3-13(10-14)21(24,25)26/h1-10H,(H,28,29)/b12-9+. The zero-order valence-electron chi connectivity index (χ0n) is 14.9. The van der Waals surface area contributed by atoms with Crippen molar-refractivity contribution in [1.29, 1.82) is 5.26 Å². The molecule has 0 atom stereocenters. The van der Waals surface area contributed by atoms with Crippen LogP contribution in [0.3, 0.4) is 0 Å². The summed E-state index contributed by atoms with van der Waals surface area (Å²) in [5.74, 6) is -0.336. The number of amides is 1. The van der Waals surface area contributed by atoms with Gasteiger partial charge < -0.3 is 9.73 Å². The van der Waals surface area contributed by atoms with Crippen LogP contribution in [0.4, 0.5) is 18.9 Å². The van der Waals surface area contributed by atoms with Crippen molar-refractivity contribution >= 4 is 40.9 Å². The summed E-state index contributed by atoms with van der Waals surface area (Å²) in [4.78, 5) is 12.3. The van der Waals surface area contributed by atoms with Gasteiger partial charge in [-0.25, -0.2) is 0 Å². The van der Waals surface area contributed by atoms with Gasteiger partial charge in [0.15, 0.2) is 0 Å². The monoisotopic (exact) mass is 450 g/mol. The Bertz CT molecular complexity index is 1180. The fourth-order valence-corrected chi connectivity index (χ4v) is 2.93. The highest BCUT2D eigenvalue weighted by molar-refractivity contribution is 6.43. The number of alkyl halides is 3. The average Bonchev–Trinajstić information content (AvgIpc) is 3.16. The van der Waals surface area contributed by atoms with Gasteiger partial charge in [0, 0.05) is 17.3 Å². The quantitative estimate of drug-likeness (QED) is 0.350. The lowest BCUT2D eigenvalue weighted by Crippen LogP contribution is -2.14. The van der Waals surface area contributed by atoms with Crippen LogP contribution in [0.2, 0.25) is 10.0 Å². The Morgan fingerprint density at radius 3 is 2.53 bits per heavy atom. The largest absolute Gasteiger partial charge is 0.457 e. The summed E-state index contributed by atoms with van der Waals surface area (Å²) >= 11 is 12.1. The van der Waals surface area contributed by atoms with Crippen LogP contribution in [0.15, 0.2) is 64.6 Å². The summed E-state index contributed by atoms with van der Waals surface area (Å²) in [6, 6.07) is 13.9. The molecule has 2 aromatic carbocycles. The lowest BCUT2D eigenvalue weighted by Gasteiger charge is -2.09. The Labute approximate surface area is 179 Å². The van der Waals surface area contributed by atoms with E-state index in [1.54, 1.807) is 30.3 Å².